The summed E-state index contributed by atoms with van der Waals surface area (Å²) in [6.45, 7) is 5.97. The molecule has 3 heterocycles. The molecule has 8 nitrogen and oxygen atoms in total. The first-order chi connectivity index (χ1) is 17.9. The Morgan fingerprint density at radius 2 is 1.86 bits per heavy atom. The van der Waals surface area contributed by atoms with Crippen LogP contribution in [0, 0.1) is 12.3 Å². The van der Waals surface area contributed by atoms with Crippen molar-refractivity contribution in [2.45, 2.75) is 51.6 Å². The van der Waals surface area contributed by atoms with E-state index in [2.05, 4.69) is 15.2 Å². The second-order valence-corrected chi connectivity index (χ2v) is 11.0. The van der Waals surface area contributed by atoms with Gasteiger partial charge >= 0.3 is 0 Å². The van der Waals surface area contributed by atoms with Gasteiger partial charge < -0.3 is 15.2 Å². The van der Waals surface area contributed by atoms with Crippen molar-refractivity contribution >= 4 is 16.9 Å². The highest BCUT2D eigenvalue weighted by Crippen LogP contribution is 2.55. The van der Waals surface area contributed by atoms with Crippen LogP contribution in [0.2, 0.25) is 0 Å². The Kier molecular flexibility index (Phi) is 6.24. The van der Waals surface area contributed by atoms with Crippen LogP contribution in [0.25, 0.3) is 22.2 Å². The lowest BCUT2D eigenvalue weighted by Crippen LogP contribution is -2.54. The van der Waals surface area contributed by atoms with Crippen LogP contribution < -0.4 is 10.9 Å². The van der Waals surface area contributed by atoms with Crippen molar-refractivity contribution in [1.82, 2.24) is 19.8 Å². The van der Waals surface area contributed by atoms with E-state index in [0.717, 1.165) is 42.6 Å². The van der Waals surface area contributed by atoms with Crippen LogP contribution in [-0.2, 0) is 11.3 Å². The lowest BCUT2D eigenvalue weighted by Gasteiger charge is -2.54. The smallest absolute Gasteiger partial charge is 0.268 e. The van der Waals surface area contributed by atoms with E-state index in [4.69, 9.17) is 4.74 Å². The molecule has 37 heavy (non-hydrogen) atoms. The monoisotopic (exact) mass is 502 g/mol. The number of pyridine rings is 2. The predicted octanol–water partition coefficient (Wildman–Crippen LogP) is 3.47. The molecule has 1 aliphatic heterocycles. The quantitative estimate of drug-likeness (QED) is 0.536. The Morgan fingerprint density at radius 1 is 1.14 bits per heavy atom. The van der Waals surface area contributed by atoms with Crippen molar-refractivity contribution in [3.05, 3.63) is 58.0 Å². The Bertz CT molecular complexity index is 1380. The molecule has 0 unspecified atom stereocenters. The molecular formula is C29H34N4O4. The normalized spacial score (nSPS) is 19.5. The number of aromatic nitrogens is 2. The summed E-state index contributed by atoms with van der Waals surface area (Å²) in [5, 5.41) is 14.7. The van der Waals surface area contributed by atoms with Gasteiger partial charge in [-0.05, 0) is 49.7 Å². The number of amides is 1. The van der Waals surface area contributed by atoms with E-state index in [0.29, 0.717) is 42.8 Å². The first-order valence-corrected chi connectivity index (χ1v) is 13.4. The summed E-state index contributed by atoms with van der Waals surface area (Å²) in [6.07, 6.45) is 7.35. The molecular weight excluding hydrogens is 468 g/mol. The molecule has 1 aromatic carbocycles. The molecule has 2 N–H and O–H groups in total. The zero-order valence-electron chi connectivity index (χ0n) is 21.3. The number of benzene rings is 1. The van der Waals surface area contributed by atoms with Crippen molar-refractivity contribution in [3.8, 4) is 16.9 Å². The van der Waals surface area contributed by atoms with Gasteiger partial charge in [0.1, 0.15) is 17.0 Å². The lowest BCUT2D eigenvalue weighted by atomic mass is 9.54. The lowest BCUT2D eigenvalue weighted by molar-refractivity contribution is -0.000679. The third kappa shape index (κ3) is 4.53. The largest absolute Gasteiger partial charge is 0.506 e. The number of fused-ring (bicyclic) bond motifs is 1. The number of nitrogens with zero attached hydrogens (tertiary/aromatic N) is 3. The number of aryl methyl sites for hydroxylation is 1. The number of rotatable bonds is 6. The van der Waals surface area contributed by atoms with Gasteiger partial charge in [0.25, 0.3) is 11.5 Å². The van der Waals surface area contributed by atoms with Crippen LogP contribution in [0.1, 0.15) is 48.0 Å². The summed E-state index contributed by atoms with van der Waals surface area (Å²) in [5.41, 5.74) is 3.02. The number of carbonyl (C=O) groups is 1. The molecule has 1 amide bonds. The standard InChI is InChI=1S/C29H34N4O4/c1-19-3-5-20(6-4-19)21-15-23-25(34)24(27(35)31-22-16-29(17-22)7-2-8-29)28(36)33(26(23)30-18-21)10-9-32-11-13-37-14-12-32/h3-6,15,18,22,34H,2,7-14,16-17H2,1H3,(H,31,35). The van der Waals surface area contributed by atoms with Crippen molar-refractivity contribution in [2.75, 3.05) is 32.8 Å². The number of nitrogens with one attached hydrogen (secondary N) is 1. The molecule has 3 fully saturated rings. The van der Waals surface area contributed by atoms with E-state index in [9.17, 15) is 14.7 Å². The van der Waals surface area contributed by atoms with E-state index in [-0.39, 0.29) is 17.4 Å². The third-order valence-electron chi connectivity index (χ3n) is 8.54. The minimum Gasteiger partial charge on any atom is -0.506 e. The first kappa shape index (κ1) is 24.1. The molecule has 0 radical (unpaired) electrons. The molecule has 2 saturated carbocycles. The molecule has 0 atom stereocenters. The minimum atomic E-state index is -0.496. The van der Waals surface area contributed by atoms with Gasteiger partial charge in [-0.1, -0.05) is 36.2 Å². The predicted molar refractivity (Wildman–Crippen MR) is 142 cm³/mol. The molecule has 1 saturated heterocycles. The van der Waals surface area contributed by atoms with Crippen LogP contribution in [-0.4, -0.2) is 64.4 Å². The third-order valence-corrected chi connectivity index (χ3v) is 8.54. The number of carbonyl (C=O) groups excluding carboxylic acids is 1. The van der Waals surface area contributed by atoms with Crippen LogP contribution in [0.4, 0.5) is 0 Å². The summed E-state index contributed by atoms with van der Waals surface area (Å²) in [6, 6.07) is 9.94. The molecule has 1 spiro atoms. The molecule has 6 rings (SSSR count). The van der Waals surface area contributed by atoms with Crippen molar-refractivity contribution < 1.29 is 14.6 Å². The van der Waals surface area contributed by atoms with E-state index < -0.39 is 11.5 Å². The van der Waals surface area contributed by atoms with Gasteiger partial charge in [-0.15, -0.1) is 0 Å². The maximum Gasteiger partial charge on any atom is 0.268 e. The van der Waals surface area contributed by atoms with E-state index in [1.54, 1.807) is 10.8 Å². The van der Waals surface area contributed by atoms with Crippen molar-refractivity contribution in [3.63, 3.8) is 0 Å². The first-order valence-electron chi connectivity index (χ1n) is 13.4. The van der Waals surface area contributed by atoms with Crippen molar-refractivity contribution in [2.24, 2.45) is 5.41 Å². The fourth-order valence-corrected chi connectivity index (χ4v) is 6.13. The van der Waals surface area contributed by atoms with E-state index in [1.165, 1.54) is 19.3 Å². The SMILES string of the molecule is Cc1ccc(-c2cnc3c(c2)c(O)c(C(=O)NC2CC4(CCC4)C2)c(=O)n3CCN2CCOCC2)cc1. The maximum absolute atomic E-state index is 13.7. The highest BCUT2D eigenvalue weighted by atomic mass is 16.5. The van der Waals surface area contributed by atoms with E-state index in [1.807, 2.05) is 37.3 Å². The molecule has 0 bridgehead atoms. The Hall–Kier alpha value is -3.23. The Balaban J connectivity index is 1.37. The zero-order valence-corrected chi connectivity index (χ0v) is 21.3. The Labute approximate surface area is 216 Å². The highest BCUT2D eigenvalue weighted by Gasteiger charge is 2.48. The van der Waals surface area contributed by atoms with Crippen LogP contribution in [0.5, 0.6) is 5.75 Å². The number of ether oxygens (including phenoxy) is 1. The average Bonchev–Trinajstić information content (AvgIpc) is 2.86. The fraction of sp³-hybridized carbons (Fsp3) is 0.483. The van der Waals surface area contributed by atoms with Crippen LogP contribution >= 0.6 is 0 Å². The van der Waals surface area contributed by atoms with Crippen LogP contribution in [0.3, 0.4) is 0 Å². The number of hydrogen-bond acceptors (Lipinski definition) is 6. The number of morpholine rings is 1. The van der Waals surface area contributed by atoms with Gasteiger partial charge in [0.2, 0.25) is 0 Å². The molecule has 2 aromatic heterocycles. The summed E-state index contributed by atoms with van der Waals surface area (Å²) in [5.74, 6) is -0.788. The topological polar surface area (TPSA) is 96.7 Å². The van der Waals surface area contributed by atoms with Gasteiger partial charge in [-0.2, -0.15) is 0 Å². The second kappa shape index (κ2) is 9.58. The van der Waals surface area contributed by atoms with Gasteiger partial charge in [0.05, 0.1) is 18.6 Å². The molecule has 3 aliphatic rings. The molecule has 3 aromatic rings. The zero-order chi connectivity index (χ0) is 25.6. The second-order valence-electron chi connectivity index (χ2n) is 11.0. The summed E-state index contributed by atoms with van der Waals surface area (Å²) >= 11 is 0. The summed E-state index contributed by atoms with van der Waals surface area (Å²) < 4.78 is 6.99. The molecule has 194 valence electrons. The maximum atomic E-state index is 13.7. The fourth-order valence-electron chi connectivity index (χ4n) is 6.13. The number of hydrogen-bond donors (Lipinski definition) is 2. The van der Waals surface area contributed by atoms with E-state index >= 15 is 0 Å². The van der Waals surface area contributed by atoms with Crippen LogP contribution in [0.15, 0.2) is 41.3 Å². The van der Waals surface area contributed by atoms with Gasteiger partial charge in [-0.25, -0.2) is 4.98 Å². The Morgan fingerprint density at radius 3 is 2.54 bits per heavy atom. The van der Waals surface area contributed by atoms with Gasteiger partial charge in [0.15, 0.2) is 0 Å². The molecule has 8 heteroatoms. The van der Waals surface area contributed by atoms with Gasteiger partial charge in [-0.3, -0.25) is 19.1 Å². The van der Waals surface area contributed by atoms with Gasteiger partial charge in [0, 0.05) is 44.0 Å². The summed E-state index contributed by atoms with van der Waals surface area (Å²) in [4.78, 5) is 33.9. The minimum absolute atomic E-state index is 0.0566. The molecule has 2 aliphatic carbocycles. The average molecular weight is 503 g/mol. The number of aromatic hydroxyl groups is 1. The summed E-state index contributed by atoms with van der Waals surface area (Å²) in [7, 11) is 0. The highest BCUT2D eigenvalue weighted by molar-refractivity contribution is 6.02. The van der Waals surface area contributed by atoms with Crippen molar-refractivity contribution in [1.29, 1.82) is 0 Å².